The zero-order valence-electron chi connectivity index (χ0n) is 21.2. The highest BCUT2D eigenvalue weighted by molar-refractivity contribution is 5.79. The number of carbonyl (C=O) groups is 2. The molecular formula is C27H48N2O3. The number of carbonyl (C=O) groups excluding carboxylic acids is 2. The molecule has 0 radical (unpaired) electrons. The molecule has 3 fully saturated rings. The Hall–Kier alpha value is -1.10. The lowest BCUT2D eigenvalue weighted by Gasteiger charge is -2.37. The fourth-order valence-electron chi connectivity index (χ4n) is 5.96. The molecule has 0 unspecified atom stereocenters. The maximum Gasteiger partial charge on any atom is 0.225 e. The van der Waals surface area contributed by atoms with E-state index in [1.807, 2.05) is 18.7 Å². The topological polar surface area (TPSA) is 49.9 Å². The third-order valence-corrected chi connectivity index (χ3v) is 8.35. The van der Waals surface area contributed by atoms with Crippen LogP contribution in [0, 0.1) is 29.6 Å². The fourth-order valence-corrected chi connectivity index (χ4v) is 5.96. The highest BCUT2D eigenvalue weighted by Gasteiger charge is 2.32. The molecule has 3 rings (SSSR count). The number of hydrogen-bond donors (Lipinski definition) is 0. The molecular weight excluding hydrogens is 400 g/mol. The summed E-state index contributed by atoms with van der Waals surface area (Å²) in [4.78, 5) is 29.2. The zero-order valence-corrected chi connectivity index (χ0v) is 21.2. The number of likely N-dealkylation sites (tertiary alicyclic amines) is 2. The van der Waals surface area contributed by atoms with E-state index in [0.29, 0.717) is 12.0 Å². The first kappa shape index (κ1) is 25.5. The van der Waals surface area contributed by atoms with Gasteiger partial charge < -0.3 is 14.5 Å². The first-order valence-electron chi connectivity index (χ1n) is 13.5. The second-order valence-electron chi connectivity index (χ2n) is 11.3. The lowest BCUT2D eigenvalue weighted by molar-refractivity contribution is -0.139. The van der Waals surface area contributed by atoms with Crippen molar-refractivity contribution >= 4 is 11.8 Å². The Balaban J connectivity index is 1.25. The SMILES string of the molecule is CC(C)C(=O)N1CCC(OCCCC2CCN(C(=O)C3CCC(C(C)C)CC3)CC2)CC1. The van der Waals surface area contributed by atoms with E-state index in [9.17, 15) is 9.59 Å². The van der Waals surface area contributed by atoms with Crippen LogP contribution in [0.4, 0.5) is 0 Å². The second kappa shape index (κ2) is 12.4. The molecule has 2 heterocycles. The predicted molar refractivity (Wildman–Crippen MR) is 129 cm³/mol. The number of hydrogen-bond acceptors (Lipinski definition) is 3. The largest absolute Gasteiger partial charge is 0.378 e. The maximum atomic E-state index is 13.0. The minimum Gasteiger partial charge on any atom is -0.378 e. The molecule has 2 saturated heterocycles. The molecule has 0 bridgehead atoms. The van der Waals surface area contributed by atoms with Crippen LogP contribution >= 0.6 is 0 Å². The maximum absolute atomic E-state index is 13.0. The van der Waals surface area contributed by atoms with Crippen LogP contribution in [0.1, 0.15) is 91.9 Å². The number of rotatable bonds is 8. The van der Waals surface area contributed by atoms with E-state index in [1.54, 1.807) is 0 Å². The van der Waals surface area contributed by atoms with Crippen LogP contribution in [0.15, 0.2) is 0 Å². The predicted octanol–water partition coefficient (Wildman–Crippen LogP) is 5.13. The van der Waals surface area contributed by atoms with Gasteiger partial charge in [-0.2, -0.15) is 0 Å². The molecule has 1 aliphatic carbocycles. The molecule has 184 valence electrons. The van der Waals surface area contributed by atoms with Gasteiger partial charge in [-0.05, 0) is 82.0 Å². The lowest BCUT2D eigenvalue weighted by Crippen LogP contribution is -2.43. The van der Waals surface area contributed by atoms with E-state index in [4.69, 9.17) is 4.74 Å². The molecule has 0 aromatic carbocycles. The van der Waals surface area contributed by atoms with Crippen molar-refractivity contribution in [3.63, 3.8) is 0 Å². The summed E-state index contributed by atoms with van der Waals surface area (Å²) in [6.07, 6.45) is 11.6. The van der Waals surface area contributed by atoms with Crippen LogP contribution in [0.5, 0.6) is 0 Å². The van der Waals surface area contributed by atoms with Crippen molar-refractivity contribution < 1.29 is 14.3 Å². The van der Waals surface area contributed by atoms with Gasteiger partial charge in [0.25, 0.3) is 0 Å². The molecule has 5 nitrogen and oxygen atoms in total. The average Bonchev–Trinajstić information content (AvgIpc) is 2.81. The molecule has 5 heteroatoms. The fraction of sp³-hybridized carbons (Fsp3) is 0.926. The highest BCUT2D eigenvalue weighted by Crippen LogP contribution is 2.35. The van der Waals surface area contributed by atoms with Gasteiger partial charge in [0.1, 0.15) is 0 Å². The highest BCUT2D eigenvalue weighted by atomic mass is 16.5. The molecule has 0 N–H and O–H groups in total. The summed E-state index contributed by atoms with van der Waals surface area (Å²) in [5, 5.41) is 0. The van der Waals surface area contributed by atoms with Crippen LogP contribution in [0.25, 0.3) is 0 Å². The Morgan fingerprint density at radius 1 is 0.812 bits per heavy atom. The summed E-state index contributed by atoms with van der Waals surface area (Å²) in [5.74, 6) is 3.42. The third-order valence-electron chi connectivity index (χ3n) is 8.35. The summed E-state index contributed by atoms with van der Waals surface area (Å²) in [6.45, 7) is 13.0. The number of nitrogens with zero attached hydrogens (tertiary/aromatic N) is 2. The second-order valence-corrected chi connectivity index (χ2v) is 11.3. The van der Waals surface area contributed by atoms with E-state index in [2.05, 4.69) is 18.7 Å². The Morgan fingerprint density at radius 3 is 1.97 bits per heavy atom. The molecule has 32 heavy (non-hydrogen) atoms. The van der Waals surface area contributed by atoms with Gasteiger partial charge in [-0.15, -0.1) is 0 Å². The quantitative estimate of drug-likeness (QED) is 0.484. The first-order valence-corrected chi connectivity index (χ1v) is 13.5. The third kappa shape index (κ3) is 7.20. The summed E-state index contributed by atoms with van der Waals surface area (Å²) in [6, 6.07) is 0. The Bertz CT molecular complexity index is 582. The van der Waals surface area contributed by atoms with Crippen LogP contribution in [-0.4, -0.2) is 60.5 Å². The molecule has 2 amide bonds. The van der Waals surface area contributed by atoms with Gasteiger partial charge in [0.2, 0.25) is 11.8 Å². The lowest BCUT2D eigenvalue weighted by atomic mass is 9.76. The van der Waals surface area contributed by atoms with Gasteiger partial charge in [-0.3, -0.25) is 9.59 Å². The van der Waals surface area contributed by atoms with Crippen molar-refractivity contribution in [2.24, 2.45) is 29.6 Å². The van der Waals surface area contributed by atoms with Crippen molar-refractivity contribution in [3.8, 4) is 0 Å². The van der Waals surface area contributed by atoms with Gasteiger partial charge >= 0.3 is 0 Å². The Kier molecular flexibility index (Phi) is 9.88. The summed E-state index contributed by atoms with van der Waals surface area (Å²) in [5.41, 5.74) is 0. The number of piperidine rings is 2. The van der Waals surface area contributed by atoms with Gasteiger partial charge in [0.15, 0.2) is 0 Å². The minimum absolute atomic E-state index is 0.0917. The van der Waals surface area contributed by atoms with E-state index in [-0.39, 0.29) is 17.7 Å². The van der Waals surface area contributed by atoms with Crippen molar-refractivity contribution in [2.75, 3.05) is 32.8 Å². The number of amides is 2. The molecule has 1 saturated carbocycles. The van der Waals surface area contributed by atoms with Crippen molar-refractivity contribution in [3.05, 3.63) is 0 Å². The van der Waals surface area contributed by atoms with E-state index < -0.39 is 0 Å². The summed E-state index contributed by atoms with van der Waals surface area (Å²) < 4.78 is 6.12. The van der Waals surface area contributed by atoms with Gasteiger partial charge in [-0.1, -0.05) is 27.7 Å². The minimum atomic E-state index is 0.0917. The normalized spacial score (nSPS) is 26.2. The standard InChI is InChI=1S/C27H48N2O3/c1-20(2)23-7-9-24(10-8-23)27(31)29-15-11-22(12-16-29)6-5-19-32-25-13-17-28(18-14-25)26(30)21(3)4/h20-25H,5-19H2,1-4H3. The Morgan fingerprint density at radius 2 is 1.41 bits per heavy atom. The van der Waals surface area contributed by atoms with Crippen molar-refractivity contribution in [1.82, 2.24) is 9.80 Å². The van der Waals surface area contributed by atoms with E-state index >= 15 is 0 Å². The van der Waals surface area contributed by atoms with Gasteiger partial charge in [0.05, 0.1) is 6.10 Å². The smallest absolute Gasteiger partial charge is 0.225 e. The van der Waals surface area contributed by atoms with E-state index in [1.165, 1.54) is 19.3 Å². The average molecular weight is 449 g/mol. The first-order chi connectivity index (χ1) is 15.3. The molecule has 0 spiro atoms. The molecule has 3 aliphatic rings. The van der Waals surface area contributed by atoms with Gasteiger partial charge in [-0.25, -0.2) is 0 Å². The summed E-state index contributed by atoms with van der Waals surface area (Å²) >= 11 is 0. The zero-order chi connectivity index (χ0) is 23.1. The van der Waals surface area contributed by atoms with Crippen LogP contribution in [0.3, 0.4) is 0 Å². The van der Waals surface area contributed by atoms with Gasteiger partial charge in [0, 0.05) is 44.6 Å². The van der Waals surface area contributed by atoms with Crippen LogP contribution in [0.2, 0.25) is 0 Å². The number of ether oxygens (including phenoxy) is 1. The molecule has 2 aliphatic heterocycles. The van der Waals surface area contributed by atoms with Crippen molar-refractivity contribution in [1.29, 1.82) is 0 Å². The van der Waals surface area contributed by atoms with E-state index in [0.717, 1.165) is 95.5 Å². The Labute approximate surface area is 196 Å². The monoisotopic (exact) mass is 448 g/mol. The molecule has 0 aromatic heterocycles. The molecule has 0 aromatic rings. The van der Waals surface area contributed by atoms with Crippen LogP contribution in [-0.2, 0) is 14.3 Å². The van der Waals surface area contributed by atoms with Crippen molar-refractivity contribution in [2.45, 2.75) is 98.0 Å². The van der Waals surface area contributed by atoms with Crippen LogP contribution < -0.4 is 0 Å². The summed E-state index contributed by atoms with van der Waals surface area (Å²) in [7, 11) is 0. The molecule has 0 atom stereocenters.